The van der Waals surface area contributed by atoms with Crippen LogP contribution in [0.25, 0.3) is 20.8 Å². The highest BCUT2D eigenvalue weighted by molar-refractivity contribution is 7.21. The van der Waals surface area contributed by atoms with Crippen molar-refractivity contribution >= 4 is 21.6 Å². The second kappa shape index (κ2) is 4.14. The predicted octanol–water partition coefficient (Wildman–Crippen LogP) is 3.17. The summed E-state index contributed by atoms with van der Waals surface area (Å²) in [4.78, 5) is 8.74. The molecule has 1 aromatic carbocycles. The Morgan fingerprint density at radius 1 is 1.29 bits per heavy atom. The Labute approximate surface area is 103 Å². The monoisotopic (exact) mass is 241 g/mol. The van der Waals surface area contributed by atoms with Crippen LogP contribution in [-0.2, 0) is 0 Å². The van der Waals surface area contributed by atoms with E-state index in [4.69, 9.17) is 4.74 Å². The molecule has 17 heavy (non-hydrogen) atoms. The lowest BCUT2D eigenvalue weighted by Crippen LogP contribution is -1.86. The summed E-state index contributed by atoms with van der Waals surface area (Å²) in [6.45, 7) is 0. The summed E-state index contributed by atoms with van der Waals surface area (Å²) in [5.74, 6) is 0.614. The van der Waals surface area contributed by atoms with Crippen LogP contribution in [-0.4, -0.2) is 17.1 Å². The van der Waals surface area contributed by atoms with E-state index in [2.05, 4.69) is 16.0 Å². The fraction of sp³-hybridized carbons (Fsp3) is 0.0769. The number of nitrogens with zero attached hydrogens (tertiary/aromatic N) is 2. The van der Waals surface area contributed by atoms with Crippen molar-refractivity contribution in [3.63, 3.8) is 0 Å². The largest absolute Gasteiger partial charge is 0.481 e. The van der Waals surface area contributed by atoms with Gasteiger partial charge in [-0.2, -0.15) is 0 Å². The van der Waals surface area contributed by atoms with Gasteiger partial charge in [0.25, 0.3) is 0 Å². The average Bonchev–Trinajstić information content (AvgIpc) is 2.82. The van der Waals surface area contributed by atoms with Gasteiger partial charge in [0.1, 0.15) is 5.01 Å². The Balaban J connectivity index is 2.07. The molecule has 0 atom stereocenters. The maximum atomic E-state index is 5.03. The fourth-order valence-corrected chi connectivity index (χ4v) is 2.50. The van der Waals surface area contributed by atoms with Gasteiger partial charge in [0.15, 0.2) is 0 Å². The summed E-state index contributed by atoms with van der Waals surface area (Å²) in [6, 6.07) is 12.6. The lowest BCUT2D eigenvalue weighted by Gasteiger charge is -1.98. The number of hydrogen-bond acceptors (Lipinski definition) is 4. The molecule has 0 spiro atoms. The Kier molecular flexibility index (Phi) is 2.49. The molecular formula is C13H9N2OS. The third-order valence-corrected chi connectivity index (χ3v) is 3.49. The molecule has 83 valence electrons. The zero-order valence-corrected chi connectivity index (χ0v) is 9.99. The van der Waals surface area contributed by atoms with Crippen LogP contribution < -0.4 is 4.74 Å². The van der Waals surface area contributed by atoms with Crippen LogP contribution in [0.1, 0.15) is 0 Å². The topological polar surface area (TPSA) is 35.0 Å². The van der Waals surface area contributed by atoms with Gasteiger partial charge in [-0.3, -0.25) is 0 Å². The van der Waals surface area contributed by atoms with E-state index in [0.717, 1.165) is 20.8 Å². The molecule has 3 nitrogen and oxygen atoms in total. The summed E-state index contributed by atoms with van der Waals surface area (Å²) in [6.07, 6.45) is 1.78. The Bertz CT molecular complexity index is 613. The predicted molar refractivity (Wildman–Crippen MR) is 68.2 cm³/mol. The second-order valence-electron chi connectivity index (χ2n) is 3.50. The number of rotatable bonds is 2. The van der Waals surface area contributed by atoms with E-state index >= 15 is 0 Å². The molecule has 3 rings (SSSR count). The van der Waals surface area contributed by atoms with Crippen molar-refractivity contribution < 1.29 is 4.74 Å². The maximum absolute atomic E-state index is 5.03. The third kappa shape index (κ3) is 1.87. The van der Waals surface area contributed by atoms with Crippen LogP contribution in [0, 0.1) is 6.07 Å². The molecule has 4 heteroatoms. The summed E-state index contributed by atoms with van der Waals surface area (Å²) in [5.41, 5.74) is 2.01. The Hall–Kier alpha value is -1.94. The smallest absolute Gasteiger partial charge is 0.212 e. The van der Waals surface area contributed by atoms with E-state index in [1.165, 1.54) is 0 Å². The quantitative estimate of drug-likeness (QED) is 0.691. The van der Waals surface area contributed by atoms with Gasteiger partial charge in [0.05, 0.1) is 17.3 Å². The third-order valence-electron chi connectivity index (χ3n) is 2.43. The van der Waals surface area contributed by atoms with E-state index in [1.807, 2.05) is 30.3 Å². The standard InChI is InChI=1S/C13H9N2OS/c1-16-12-7-6-9(8-14-12)13-15-10-4-2-3-5-11(10)17-13/h2,4-8H,1H3. The van der Waals surface area contributed by atoms with E-state index < -0.39 is 0 Å². The van der Waals surface area contributed by atoms with Crippen molar-refractivity contribution in [1.82, 2.24) is 9.97 Å². The van der Waals surface area contributed by atoms with Crippen LogP contribution in [0.2, 0.25) is 0 Å². The van der Waals surface area contributed by atoms with E-state index in [1.54, 1.807) is 24.6 Å². The molecule has 0 saturated heterocycles. The molecule has 0 bridgehead atoms. The molecule has 0 aliphatic rings. The molecule has 0 fully saturated rings. The molecule has 0 saturated carbocycles. The first-order chi connectivity index (χ1) is 8.36. The number of benzene rings is 1. The summed E-state index contributed by atoms with van der Waals surface area (Å²) in [5, 5.41) is 0.967. The molecule has 0 aliphatic heterocycles. The van der Waals surface area contributed by atoms with Gasteiger partial charge in [-0.15, -0.1) is 11.3 Å². The fourth-order valence-electron chi connectivity index (χ4n) is 1.57. The SMILES string of the molecule is COc1ccc(-c2nc3cc[c]cc3s2)cn1. The minimum atomic E-state index is 0.614. The summed E-state index contributed by atoms with van der Waals surface area (Å²) in [7, 11) is 1.61. The van der Waals surface area contributed by atoms with Crippen molar-refractivity contribution in [2.75, 3.05) is 7.11 Å². The Morgan fingerprint density at radius 2 is 2.24 bits per heavy atom. The number of methoxy groups -OCH3 is 1. The van der Waals surface area contributed by atoms with Gasteiger partial charge >= 0.3 is 0 Å². The van der Waals surface area contributed by atoms with Crippen LogP contribution in [0.15, 0.2) is 36.5 Å². The van der Waals surface area contributed by atoms with Crippen LogP contribution in [0.3, 0.4) is 0 Å². The Morgan fingerprint density at radius 3 is 2.94 bits per heavy atom. The highest BCUT2D eigenvalue weighted by atomic mass is 32.1. The molecule has 1 radical (unpaired) electrons. The maximum Gasteiger partial charge on any atom is 0.212 e. The lowest BCUT2D eigenvalue weighted by atomic mass is 10.3. The second-order valence-corrected chi connectivity index (χ2v) is 4.53. The minimum absolute atomic E-state index is 0.614. The van der Waals surface area contributed by atoms with Gasteiger partial charge in [-0.05, 0) is 24.3 Å². The molecule has 2 aromatic heterocycles. The van der Waals surface area contributed by atoms with E-state index in [9.17, 15) is 0 Å². The molecule has 0 aliphatic carbocycles. The zero-order valence-electron chi connectivity index (χ0n) is 9.18. The minimum Gasteiger partial charge on any atom is -0.481 e. The van der Waals surface area contributed by atoms with Gasteiger partial charge in [0.2, 0.25) is 5.88 Å². The van der Waals surface area contributed by atoms with E-state index in [0.29, 0.717) is 5.88 Å². The van der Waals surface area contributed by atoms with Gasteiger partial charge in [0, 0.05) is 17.8 Å². The van der Waals surface area contributed by atoms with Gasteiger partial charge < -0.3 is 4.74 Å². The number of fused-ring (bicyclic) bond motifs is 1. The number of aromatic nitrogens is 2. The number of thiazole rings is 1. The van der Waals surface area contributed by atoms with E-state index in [-0.39, 0.29) is 0 Å². The number of pyridine rings is 1. The molecular weight excluding hydrogens is 232 g/mol. The van der Waals surface area contributed by atoms with Crippen molar-refractivity contribution in [3.05, 3.63) is 42.6 Å². The zero-order chi connectivity index (χ0) is 11.7. The summed E-state index contributed by atoms with van der Waals surface area (Å²) >= 11 is 1.64. The van der Waals surface area contributed by atoms with Crippen LogP contribution in [0.5, 0.6) is 5.88 Å². The van der Waals surface area contributed by atoms with Crippen LogP contribution in [0.4, 0.5) is 0 Å². The average molecular weight is 241 g/mol. The summed E-state index contributed by atoms with van der Waals surface area (Å²) < 4.78 is 6.17. The molecule has 0 amide bonds. The normalized spacial score (nSPS) is 10.6. The molecule has 2 heterocycles. The van der Waals surface area contributed by atoms with Crippen molar-refractivity contribution in [1.29, 1.82) is 0 Å². The molecule has 0 unspecified atom stereocenters. The first-order valence-corrected chi connectivity index (χ1v) is 5.95. The number of ether oxygens (including phenoxy) is 1. The van der Waals surface area contributed by atoms with Gasteiger partial charge in [-0.25, -0.2) is 9.97 Å². The van der Waals surface area contributed by atoms with Crippen molar-refractivity contribution in [3.8, 4) is 16.5 Å². The van der Waals surface area contributed by atoms with Crippen molar-refractivity contribution in [2.45, 2.75) is 0 Å². The van der Waals surface area contributed by atoms with Crippen LogP contribution >= 0.6 is 11.3 Å². The first kappa shape index (κ1) is 10.2. The molecule has 0 N–H and O–H groups in total. The lowest BCUT2D eigenvalue weighted by molar-refractivity contribution is 0.398. The highest BCUT2D eigenvalue weighted by Crippen LogP contribution is 2.29. The van der Waals surface area contributed by atoms with Gasteiger partial charge in [-0.1, -0.05) is 6.07 Å². The number of hydrogen-bond donors (Lipinski definition) is 0. The van der Waals surface area contributed by atoms with Crippen molar-refractivity contribution in [2.24, 2.45) is 0 Å². The highest BCUT2D eigenvalue weighted by Gasteiger charge is 2.06. The molecule has 3 aromatic rings. The first-order valence-electron chi connectivity index (χ1n) is 5.14.